The van der Waals surface area contributed by atoms with Crippen LogP contribution in [0.25, 0.3) is 0 Å². The van der Waals surface area contributed by atoms with Crippen LogP contribution in [0.15, 0.2) is 77.9 Å². The molecule has 0 bridgehead atoms. The molecule has 2 N–H and O–H groups in total. The topological polar surface area (TPSA) is 79.8 Å². The molecule has 152 valence electrons. The van der Waals surface area contributed by atoms with Crippen LogP contribution in [0, 0.1) is 0 Å². The molecule has 0 saturated carbocycles. The quantitative estimate of drug-likeness (QED) is 0.409. The van der Waals surface area contributed by atoms with E-state index in [4.69, 9.17) is 27.9 Å². The minimum absolute atomic E-state index is 0.145. The van der Waals surface area contributed by atoms with Gasteiger partial charge in [-0.2, -0.15) is 5.10 Å². The molecule has 0 fully saturated rings. The third-order valence-corrected chi connectivity index (χ3v) is 4.42. The van der Waals surface area contributed by atoms with E-state index >= 15 is 0 Å². The van der Waals surface area contributed by atoms with Crippen molar-refractivity contribution in [3.63, 3.8) is 0 Å². The molecule has 3 rings (SSSR count). The van der Waals surface area contributed by atoms with Crippen molar-refractivity contribution in [1.82, 2.24) is 5.43 Å². The Kier molecular flexibility index (Phi) is 7.43. The number of nitrogens with one attached hydrogen (secondary N) is 2. The maximum absolute atomic E-state index is 12.0. The molecule has 30 heavy (non-hydrogen) atoms. The first-order valence-corrected chi connectivity index (χ1v) is 9.63. The Labute approximate surface area is 183 Å². The second-order valence-corrected chi connectivity index (χ2v) is 6.94. The standard InChI is InChI=1S/C22H17Cl2N3O3/c23-16-4-3-5-17(12-16)26-21(28)14-30-18-10-8-15(9-11-18)13-25-27-22(29)19-6-1-2-7-20(19)24/h1-13H,14H2,(H,26,28)(H,27,29)/b25-13-. The highest BCUT2D eigenvalue weighted by atomic mass is 35.5. The molecule has 8 heteroatoms. The Hall–Kier alpha value is -3.35. The van der Waals surface area contributed by atoms with Gasteiger partial charge in [-0.25, -0.2) is 5.43 Å². The van der Waals surface area contributed by atoms with Gasteiger partial charge in [-0.05, 0) is 60.2 Å². The number of hydrazone groups is 1. The van der Waals surface area contributed by atoms with Crippen molar-refractivity contribution in [2.45, 2.75) is 0 Å². The highest BCUT2D eigenvalue weighted by molar-refractivity contribution is 6.33. The predicted molar refractivity (Wildman–Crippen MR) is 119 cm³/mol. The van der Waals surface area contributed by atoms with Crippen LogP contribution in [0.2, 0.25) is 10.0 Å². The number of ether oxygens (including phenoxy) is 1. The van der Waals surface area contributed by atoms with E-state index in [1.54, 1.807) is 72.8 Å². The lowest BCUT2D eigenvalue weighted by Crippen LogP contribution is -2.20. The number of nitrogens with zero attached hydrogens (tertiary/aromatic N) is 1. The maximum atomic E-state index is 12.0. The summed E-state index contributed by atoms with van der Waals surface area (Å²) in [6.07, 6.45) is 1.49. The average molecular weight is 442 g/mol. The van der Waals surface area contributed by atoms with E-state index in [1.165, 1.54) is 6.21 Å². The molecule has 0 saturated heterocycles. The smallest absolute Gasteiger partial charge is 0.272 e. The van der Waals surface area contributed by atoms with E-state index in [0.717, 1.165) is 5.56 Å². The zero-order chi connectivity index (χ0) is 21.3. The summed E-state index contributed by atoms with van der Waals surface area (Å²) in [6.45, 7) is -0.145. The molecule has 3 aromatic carbocycles. The molecular formula is C22H17Cl2N3O3. The molecular weight excluding hydrogens is 425 g/mol. The fourth-order valence-corrected chi connectivity index (χ4v) is 2.85. The van der Waals surface area contributed by atoms with Crippen LogP contribution in [-0.4, -0.2) is 24.6 Å². The SMILES string of the molecule is O=C(COc1ccc(/C=N\NC(=O)c2ccccc2Cl)cc1)Nc1cccc(Cl)c1. The van der Waals surface area contributed by atoms with Crippen molar-refractivity contribution in [1.29, 1.82) is 0 Å². The van der Waals surface area contributed by atoms with Gasteiger partial charge >= 0.3 is 0 Å². The fraction of sp³-hybridized carbons (Fsp3) is 0.0455. The van der Waals surface area contributed by atoms with E-state index in [9.17, 15) is 9.59 Å². The molecule has 0 aliphatic carbocycles. The summed E-state index contributed by atoms with van der Waals surface area (Å²) < 4.78 is 5.47. The molecule has 0 spiro atoms. The second kappa shape index (κ2) is 10.4. The van der Waals surface area contributed by atoms with Gasteiger partial charge in [0.05, 0.1) is 16.8 Å². The van der Waals surface area contributed by atoms with Crippen molar-refractivity contribution >= 4 is 46.9 Å². The Balaban J connectivity index is 1.47. The van der Waals surface area contributed by atoms with E-state index < -0.39 is 5.91 Å². The third kappa shape index (κ3) is 6.34. The lowest BCUT2D eigenvalue weighted by Gasteiger charge is -2.08. The van der Waals surface area contributed by atoms with E-state index in [1.807, 2.05) is 0 Å². The average Bonchev–Trinajstić information content (AvgIpc) is 2.73. The zero-order valence-corrected chi connectivity index (χ0v) is 17.2. The molecule has 0 aliphatic rings. The molecule has 0 heterocycles. The first-order chi connectivity index (χ1) is 14.5. The first kappa shape index (κ1) is 21.4. The molecule has 0 aromatic heterocycles. The highest BCUT2D eigenvalue weighted by Crippen LogP contribution is 2.16. The van der Waals surface area contributed by atoms with E-state index in [0.29, 0.717) is 27.0 Å². The van der Waals surface area contributed by atoms with Gasteiger partial charge in [0.25, 0.3) is 11.8 Å². The third-order valence-electron chi connectivity index (χ3n) is 3.86. The number of carbonyl (C=O) groups excluding carboxylic acids is 2. The summed E-state index contributed by atoms with van der Waals surface area (Å²) in [7, 11) is 0. The highest BCUT2D eigenvalue weighted by Gasteiger charge is 2.08. The Bertz CT molecular complexity index is 1070. The van der Waals surface area contributed by atoms with Crippen molar-refractivity contribution in [2.75, 3.05) is 11.9 Å². The van der Waals surface area contributed by atoms with Crippen LogP contribution in [0.1, 0.15) is 15.9 Å². The molecule has 2 amide bonds. The number of amides is 2. The first-order valence-electron chi connectivity index (χ1n) is 8.87. The van der Waals surface area contributed by atoms with Crippen molar-refractivity contribution in [2.24, 2.45) is 5.10 Å². The van der Waals surface area contributed by atoms with Crippen LogP contribution >= 0.6 is 23.2 Å². The minimum atomic E-state index is -0.400. The van der Waals surface area contributed by atoms with Crippen LogP contribution < -0.4 is 15.5 Å². The second-order valence-electron chi connectivity index (χ2n) is 6.10. The minimum Gasteiger partial charge on any atom is -0.484 e. The lowest BCUT2D eigenvalue weighted by atomic mass is 10.2. The van der Waals surface area contributed by atoms with Crippen molar-refractivity contribution in [3.8, 4) is 5.75 Å². The van der Waals surface area contributed by atoms with Gasteiger partial charge < -0.3 is 10.1 Å². The van der Waals surface area contributed by atoms with Crippen molar-refractivity contribution < 1.29 is 14.3 Å². The Morgan fingerprint density at radius 2 is 1.73 bits per heavy atom. The fourth-order valence-electron chi connectivity index (χ4n) is 2.43. The van der Waals surface area contributed by atoms with Crippen LogP contribution in [0.3, 0.4) is 0 Å². The molecule has 6 nitrogen and oxygen atoms in total. The largest absolute Gasteiger partial charge is 0.484 e. The maximum Gasteiger partial charge on any atom is 0.272 e. The molecule has 0 aliphatic heterocycles. The lowest BCUT2D eigenvalue weighted by molar-refractivity contribution is -0.118. The van der Waals surface area contributed by atoms with Gasteiger partial charge in [-0.3, -0.25) is 9.59 Å². The summed E-state index contributed by atoms with van der Waals surface area (Å²) in [5, 5.41) is 7.51. The van der Waals surface area contributed by atoms with Gasteiger partial charge in [0.15, 0.2) is 6.61 Å². The van der Waals surface area contributed by atoms with Gasteiger partial charge in [0.2, 0.25) is 0 Å². The summed E-state index contributed by atoms with van der Waals surface area (Å²) in [5.41, 5.74) is 4.11. The number of hydrogen-bond donors (Lipinski definition) is 2. The van der Waals surface area contributed by atoms with E-state index in [-0.39, 0.29) is 12.5 Å². The van der Waals surface area contributed by atoms with Gasteiger partial charge in [-0.1, -0.05) is 41.4 Å². The van der Waals surface area contributed by atoms with Gasteiger partial charge in [0, 0.05) is 10.7 Å². The molecule has 3 aromatic rings. The zero-order valence-electron chi connectivity index (χ0n) is 15.6. The molecule has 0 unspecified atom stereocenters. The van der Waals surface area contributed by atoms with Crippen LogP contribution in [-0.2, 0) is 4.79 Å². The van der Waals surface area contributed by atoms with Crippen molar-refractivity contribution in [3.05, 3.63) is 94.0 Å². The number of benzene rings is 3. The monoisotopic (exact) mass is 441 g/mol. The normalized spacial score (nSPS) is 10.6. The summed E-state index contributed by atoms with van der Waals surface area (Å²) in [5.74, 6) is -0.179. The number of anilines is 1. The Morgan fingerprint density at radius 3 is 2.47 bits per heavy atom. The number of carbonyl (C=O) groups is 2. The predicted octanol–water partition coefficient (Wildman–Crippen LogP) is 4.77. The van der Waals surface area contributed by atoms with Crippen LogP contribution in [0.4, 0.5) is 5.69 Å². The summed E-state index contributed by atoms with van der Waals surface area (Å²) in [4.78, 5) is 24.0. The summed E-state index contributed by atoms with van der Waals surface area (Å²) >= 11 is 11.9. The number of rotatable bonds is 7. The van der Waals surface area contributed by atoms with Gasteiger partial charge in [0.1, 0.15) is 5.75 Å². The Morgan fingerprint density at radius 1 is 0.967 bits per heavy atom. The molecule has 0 radical (unpaired) electrons. The molecule has 0 atom stereocenters. The van der Waals surface area contributed by atoms with E-state index in [2.05, 4.69) is 15.8 Å². The van der Waals surface area contributed by atoms with Crippen LogP contribution in [0.5, 0.6) is 5.75 Å². The van der Waals surface area contributed by atoms with Gasteiger partial charge in [-0.15, -0.1) is 0 Å². The number of halogens is 2. The number of hydrogen-bond acceptors (Lipinski definition) is 4. The summed E-state index contributed by atoms with van der Waals surface area (Å²) in [6, 6.07) is 20.5.